The van der Waals surface area contributed by atoms with E-state index in [1.54, 1.807) is 23.2 Å². The minimum absolute atomic E-state index is 0.255. The molecule has 0 aliphatic heterocycles. The van der Waals surface area contributed by atoms with E-state index in [0.29, 0.717) is 22.0 Å². The Hall–Kier alpha value is -2.25. The first-order valence-electron chi connectivity index (χ1n) is 7.37. The van der Waals surface area contributed by atoms with Gasteiger partial charge in [0, 0.05) is 22.3 Å². The number of hydrogen-bond acceptors (Lipinski definition) is 4. The second kappa shape index (κ2) is 7.76. The van der Waals surface area contributed by atoms with Gasteiger partial charge in [0.15, 0.2) is 16.8 Å². The molecule has 3 nitrogen and oxygen atoms in total. The van der Waals surface area contributed by atoms with Crippen molar-refractivity contribution in [3.05, 3.63) is 70.6 Å². The smallest absolute Gasteiger partial charge is 0.257 e. The van der Waals surface area contributed by atoms with E-state index in [9.17, 15) is 13.6 Å². The lowest BCUT2D eigenvalue weighted by Crippen LogP contribution is -2.11. The molecule has 0 atom stereocenters. The number of thioether (sulfide) groups is 1. The fraction of sp³-hybridized carbons (Fsp3) is 0.111. The van der Waals surface area contributed by atoms with Crippen LogP contribution in [0.25, 0.3) is 11.3 Å². The zero-order chi connectivity index (χ0) is 17.8. The summed E-state index contributed by atoms with van der Waals surface area (Å²) in [7, 11) is 0. The number of nitrogens with zero attached hydrogens (tertiary/aromatic N) is 1. The molecule has 1 heterocycles. The maximum atomic E-state index is 13.3. The maximum Gasteiger partial charge on any atom is 0.257 e. The van der Waals surface area contributed by atoms with Crippen molar-refractivity contribution in [3.63, 3.8) is 0 Å². The van der Waals surface area contributed by atoms with E-state index >= 15 is 0 Å². The van der Waals surface area contributed by atoms with Gasteiger partial charge in [-0.25, -0.2) is 13.8 Å². The highest BCUT2D eigenvalue weighted by Crippen LogP contribution is 2.26. The van der Waals surface area contributed by atoms with Crippen molar-refractivity contribution in [3.8, 4) is 11.3 Å². The van der Waals surface area contributed by atoms with E-state index in [1.165, 1.54) is 17.4 Å². The molecule has 0 saturated heterocycles. The van der Waals surface area contributed by atoms with Gasteiger partial charge in [-0.15, -0.1) is 11.3 Å². The zero-order valence-corrected chi connectivity index (χ0v) is 14.9. The molecule has 0 aliphatic carbocycles. The summed E-state index contributed by atoms with van der Waals surface area (Å²) in [6.07, 6.45) is 2.00. The van der Waals surface area contributed by atoms with Crippen molar-refractivity contribution in [1.82, 2.24) is 4.98 Å². The van der Waals surface area contributed by atoms with Gasteiger partial charge >= 0.3 is 0 Å². The third-order valence-electron chi connectivity index (χ3n) is 3.44. The van der Waals surface area contributed by atoms with Gasteiger partial charge in [-0.05, 0) is 42.2 Å². The van der Waals surface area contributed by atoms with E-state index in [-0.39, 0.29) is 5.91 Å². The Balaban J connectivity index is 1.75. The largest absolute Gasteiger partial charge is 0.298 e. The molecular formula is C18H14F2N2OS2. The number of hydrogen-bond donors (Lipinski definition) is 1. The Bertz CT molecular complexity index is 912. The van der Waals surface area contributed by atoms with Crippen LogP contribution in [0.1, 0.15) is 15.9 Å². The lowest BCUT2D eigenvalue weighted by Gasteiger charge is -2.04. The van der Waals surface area contributed by atoms with Gasteiger partial charge in [0.2, 0.25) is 0 Å². The van der Waals surface area contributed by atoms with Crippen molar-refractivity contribution < 1.29 is 13.6 Å². The first-order valence-corrected chi connectivity index (χ1v) is 9.64. The third-order valence-corrected chi connectivity index (χ3v) is 4.82. The molecule has 3 aromatic rings. The van der Waals surface area contributed by atoms with Crippen LogP contribution in [-0.2, 0) is 5.75 Å². The van der Waals surface area contributed by atoms with Crippen LogP contribution in [0.2, 0.25) is 0 Å². The minimum atomic E-state index is -0.929. The number of halogens is 2. The second-order valence-electron chi connectivity index (χ2n) is 5.25. The van der Waals surface area contributed by atoms with Crippen LogP contribution in [-0.4, -0.2) is 17.1 Å². The highest BCUT2D eigenvalue weighted by molar-refractivity contribution is 7.97. The average Bonchev–Trinajstić information content (AvgIpc) is 3.06. The number of benzene rings is 2. The molecule has 1 aromatic heterocycles. The molecule has 1 amide bonds. The highest BCUT2D eigenvalue weighted by atomic mass is 32.2. The molecule has 7 heteroatoms. The van der Waals surface area contributed by atoms with Crippen LogP contribution in [0.3, 0.4) is 0 Å². The van der Waals surface area contributed by atoms with Gasteiger partial charge in [-0.2, -0.15) is 11.8 Å². The number of anilines is 1. The summed E-state index contributed by atoms with van der Waals surface area (Å²) >= 11 is 2.91. The second-order valence-corrected chi connectivity index (χ2v) is 6.98. The number of rotatable bonds is 5. The monoisotopic (exact) mass is 376 g/mol. The quantitative estimate of drug-likeness (QED) is 0.665. The van der Waals surface area contributed by atoms with Gasteiger partial charge in [0.05, 0.1) is 5.69 Å². The molecule has 0 spiro atoms. The third kappa shape index (κ3) is 4.24. The zero-order valence-electron chi connectivity index (χ0n) is 13.3. The first-order chi connectivity index (χ1) is 12.1. The number of nitrogens with one attached hydrogen (secondary N) is 1. The molecule has 0 unspecified atom stereocenters. The van der Waals surface area contributed by atoms with Crippen LogP contribution in [0.15, 0.2) is 47.8 Å². The molecular weight excluding hydrogens is 362 g/mol. The summed E-state index contributed by atoms with van der Waals surface area (Å²) < 4.78 is 26.3. The fourth-order valence-electron chi connectivity index (χ4n) is 2.26. The number of aromatic nitrogens is 1. The van der Waals surface area contributed by atoms with Gasteiger partial charge in [-0.1, -0.05) is 12.1 Å². The number of carbonyl (C=O) groups is 1. The van der Waals surface area contributed by atoms with Crippen LogP contribution in [0.5, 0.6) is 0 Å². The molecule has 0 aliphatic rings. The maximum absolute atomic E-state index is 13.3. The Morgan fingerprint density at radius 1 is 1.20 bits per heavy atom. The lowest BCUT2D eigenvalue weighted by atomic mass is 10.1. The Morgan fingerprint density at radius 3 is 2.80 bits per heavy atom. The SMILES string of the molecule is CSCc1cccc(C(=O)Nc2nc(-c3ccc(F)c(F)c3)cs2)c1. The van der Waals surface area contributed by atoms with Crippen molar-refractivity contribution in [2.24, 2.45) is 0 Å². The molecule has 0 fully saturated rings. The summed E-state index contributed by atoms with van der Waals surface area (Å²) in [4.78, 5) is 16.6. The molecule has 0 saturated carbocycles. The van der Waals surface area contributed by atoms with Crippen molar-refractivity contribution >= 4 is 34.1 Å². The Labute approximate surface area is 152 Å². The minimum Gasteiger partial charge on any atom is -0.298 e. The van der Waals surface area contributed by atoms with E-state index in [0.717, 1.165) is 23.4 Å². The van der Waals surface area contributed by atoms with Crippen LogP contribution in [0, 0.1) is 11.6 Å². The summed E-state index contributed by atoms with van der Waals surface area (Å²) in [5.41, 5.74) is 2.56. The van der Waals surface area contributed by atoms with Crippen molar-refractivity contribution in [2.45, 2.75) is 5.75 Å². The van der Waals surface area contributed by atoms with Crippen LogP contribution < -0.4 is 5.32 Å². The number of amides is 1. The predicted octanol–water partition coefficient (Wildman–Crippen LogP) is 5.20. The predicted molar refractivity (Wildman–Crippen MR) is 99.1 cm³/mol. The van der Waals surface area contributed by atoms with Crippen molar-refractivity contribution in [1.29, 1.82) is 0 Å². The molecule has 25 heavy (non-hydrogen) atoms. The Morgan fingerprint density at radius 2 is 2.04 bits per heavy atom. The summed E-state index contributed by atoms with van der Waals surface area (Å²) in [5.74, 6) is -1.26. The first kappa shape index (κ1) is 17.6. The summed E-state index contributed by atoms with van der Waals surface area (Å²) in [6.45, 7) is 0. The molecule has 1 N–H and O–H groups in total. The molecule has 2 aromatic carbocycles. The van der Waals surface area contributed by atoms with E-state index < -0.39 is 11.6 Å². The number of thiazole rings is 1. The lowest BCUT2D eigenvalue weighted by molar-refractivity contribution is 0.102. The topological polar surface area (TPSA) is 42.0 Å². The normalized spacial score (nSPS) is 10.7. The van der Waals surface area contributed by atoms with E-state index in [2.05, 4.69) is 10.3 Å². The van der Waals surface area contributed by atoms with E-state index in [4.69, 9.17) is 0 Å². The summed E-state index contributed by atoms with van der Waals surface area (Å²) in [5, 5.41) is 4.83. The Kier molecular flexibility index (Phi) is 5.45. The van der Waals surface area contributed by atoms with Gasteiger partial charge in [0.25, 0.3) is 5.91 Å². The van der Waals surface area contributed by atoms with Gasteiger partial charge in [-0.3, -0.25) is 10.1 Å². The summed E-state index contributed by atoms with van der Waals surface area (Å²) in [6, 6.07) is 11.0. The number of carbonyl (C=O) groups excluding carboxylic acids is 1. The van der Waals surface area contributed by atoms with Crippen LogP contribution >= 0.6 is 23.1 Å². The standard InChI is InChI=1S/C18H14F2N2OS2/c1-24-9-11-3-2-4-13(7-11)17(23)22-18-21-16(10-25-18)12-5-6-14(19)15(20)8-12/h2-8,10H,9H2,1H3,(H,21,22,23). The van der Waals surface area contributed by atoms with E-state index in [1.807, 2.05) is 24.5 Å². The van der Waals surface area contributed by atoms with Crippen LogP contribution in [0.4, 0.5) is 13.9 Å². The van der Waals surface area contributed by atoms with Gasteiger partial charge < -0.3 is 0 Å². The molecule has 3 rings (SSSR count). The van der Waals surface area contributed by atoms with Gasteiger partial charge in [0.1, 0.15) is 0 Å². The highest BCUT2D eigenvalue weighted by Gasteiger charge is 2.12. The van der Waals surface area contributed by atoms with Crippen molar-refractivity contribution in [2.75, 3.05) is 11.6 Å². The molecule has 0 bridgehead atoms. The molecule has 128 valence electrons. The average molecular weight is 376 g/mol. The molecule has 0 radical (unpaired) electrons. The fourth-order valence-corrected chi connectivity index (χ4v) is 3.49.